The van der Waals surface area contributed by atoms with Crippen molar-refractivity contribution in [3.63, 3.8) is 0 Å². The van der Waals surface area contributed by atoms with Crippen LogP contribution in [0.15, 0.2) is 30.3 Å². The predicted octanol–water partition coefficient (Wildman–Crippen LogP) is 2.98. The van der Waals surface area contributed by atoms with E-state index in [1.165, 1.54) is 11.3 Å². The smallest absolute Gasteiger partial charge is 0.251 e. The van der Waals surface area contributed by atoms with E-state index in [4.69, 9.17) is 16.7 Å². The lowest BCUT2D eigenvalue weighted by atomic mass is 10.1. The topological polar surface area (TPSA) is 49.3 Å². The number of hydrogen-bond acceptors (Lipinski definition) is 3. The lowest BCUT2D eigenvalue weighted by Crippen LogP contribution is -2.22. The van der Waals surface area contributed by atoms with Crippen LogP contribution in [-0.4, -0.2) is 17.6 Å². The molecule has 0 saturated heterocycles. The van der Waals surface area contributed by atoms with Crippen LogP contribution in [0.1, 0.15) is 25.7 Å². The van der Waals surface area contributed by atoms with Gasteiger partial charge in [0.25, 0.3) is 5.91 Å². The molecule has 0 fully saturated rings. The summed E-state index contributed by atoms with van der Waals surface area (Å²) in [6.07, 6.45) is 0. The number of amides is 1. The minimum Gasteiger partial charge on any atom is -0.384 e. The van der Waals surface area contributed by atoms with E-state index in [1.54, 1.807) is 12.1 Å². The number of benzene rings is 1. The van der Waals surface area contributed by atoms with Gasteiger partial charge < -0.3 is 10.4 Å². The summed E-state index contributed by atoms with van der Waals surface area (Å²) in [4.78, 5) is 13.9. The minimum absolute atomic E-state index is 0.155. The zero-order valence-corrected chi connectivity index (χ0v) is 13.0. The van der Waals surface area contributed by atoms with Crippen LogP contribution in [0.2, 0.25) is 5.02 Å². The Morgan fingerprint density at radius 1 is 1.38 bits per heavy atom. The predicted molar refractivity (Wildman–Crippen MR) is 85.6 cm³/mol. The molecular weight excluding hydrogens is 306 g/mol. The molecule has 5 heteroatoms. The zero-order valence-electron chi connectivity index (χ0n) is 11.4. The maximum Gasteiger partial charge on any atom is 0.251 e. The van der Waals surface area contributed by atoms with Crippen molar-refractivity contribution in [2.75, 3.05) is 6.61 Å². The highest BCUT2D eigenvalue weighted by atomic mass is 35.5. The number of aryl methyl sites for hydroxylation is 1. The molecule has 21 heavy (non-hydrogen) atoms. The Kier molecular flexibility index (Phi) is 5.40. The van der Waals surface area contributed by atoms with Crippen LogP contribution < -0.4 is 5.32 Å². The molecule has 2 N–H and O–H groups in total. The van der Waals surface area contributed by atoms with Gasteiger partial charge in [-0.3, -0.25) is 4.79 Å². The van der Waals surface area contributed by atoms with Crippen molar-refractivity contribution >= 4 is 28.8 Å². The van der Waals surface area contributed by atoms with E-state index in [0.717, 1.165) is 15.3 Å². The molecule has 0 bridgehead atoms. The Hall–Kier alpha value is -1.80. The molecule has 0 aliphatic carbocycles. The average Bonchev–Trinajstić information content (AvgIpc) is 2.89. The van der Waals surface area contributed by atoms with Crippen LogP contribution in [0.5, 0.6) is 0 Å². The van der Waals surface area contributed by atoms with Gasteiger partial charge in [-0.2, -0.15) is 0 Å². The summed E-state index contributed by atoms with van der Waals surface area (Å²) in [5.74, 6) is 5.28. The van der Waals surface area contributed by atoms with Crippen molar-refractivity contribution in [1.29, 1.82) is 0 Å². The van der Waals surface area contributed by atoms with E-state index in [-0.39, 0.29) is 12.5 Å². The second-order valence-electron chi connectivity index (χ2n) is 4.43. The third-order valence-electron chi connectivity index (χ3n) is 2.68. The molecule has 0 atom stereocenters. The molecule has 0 aliphatic heterocycles. The summed E-state index contributed by atoms with van der Waals surface area (Å²) >= 11 is 7.44. The van der Waals surface area contributed by atoms with E-state index in [2.05, 4.69) is 17.2 Å². The first kappa shape index (κ1) is 15.6. The van der Waals surface area contributed by atoms with E-state index in [0.29, 0.717) is 17.1 Å². The summed E-state index contributed by atoms with van der Waals surface area (Å²) in [5.41, 5.74) is 1.50. The normalized spacial score (nSPS) is 9.86. The van der Waals surface area contributed by atoms with E-state index in [9.17, 15) is 4.79 Å². The fourth-order valence-electron chi connectivity index (χ4n) is 1.80. The van der Waals surface area contributed by atoms with Gasteiger partial charge in [-0.1, -0.05) is 23.4 Å². The van der Waals surface area contributed by atoms with Crippen molar-refractivity contribution < 1.29 is 9.90 Å². The number of nitrogens with one attached hydrogen (secondary N) is 1. The van der Waals surface area contributed by atoms with Crippen LogP contribution in [0.3, 0.4) is 0 Å². The summed E-state index contributed by atoms with van der Waals surface area (Å²) < 4.78 is 0. The van der Waals surface area contributed by atoms with Crippen LogP contribution in [-0.2, 0) is 6.54 Å². The molecule has 0 unspecified atom stereocenters. The molecule has 0 radical (unpaired) electrons. The maximum atomic E-state index is 12.1. The first-order valence-corrected chi connectivity index (χ1v) is 7.52. The Bertz CT molecular complexity index is 692. The van der Waals surface area contributed by atoms with Gasteiger partial charge in [0.15, 0.2) is 0 Å². The van der Waals surface area contributed by atoms with Crippen molar-refractivity contribution in [3.05, 3.63) is 56.2 Å². The molecule has 0 saturated carbocycles. The lowest BCUT2D eigenvalue weighted by molar-refractivity contribution is 0.0951. The highest BCUT2D eigenvalue weighted by Crippen LogP contribution is 2.17. The first-order chi connectivity index (χ1) is 10.1. The largest absolute Gasteiger partial charge is 0.384 e. The fourth-order valence-corrected chi connectivity index (χ4v) is 2.92. The van der Waals surface area contributed by atoms with Gasteiger partial charge in [-0.05, 0) is 42.8 Å². The highest BCUT2D eigenvalue weighted by molar-refractivity contribution is 7.12. The van der Waals surface area contributed by atoms with Gasteiger partial charge in [0, 0.05) is 15.5 Å². The molecule has 2 aromatic rings. The van der Waals surface area contributed by atoms with Gasteiger partial charge >= 0.3 is 0 Å². The number of carbonyl (C=O) groups excluding carboxylic acids is 1. The van der Waals surface area contributed by atoms with Crippen molar-refractivity contribution in [2.24, 2.45) is 0 Å². The van der Waals surface area contributed by atoms with Gasteiger partial charge in [0.05, 0.1) is 11.4 Å². The molecule has 0 spiro atoms. The molecule has 1 aromatic heterocycles. The molecule has 1 amide bonds. The maximum absolute atomic E-state index is 12.1. The molecule has 2 rings (SSSR count). The number of halogens is 1. The molecule has 3 nitrogen and oxygen atoms in total. The number of aliphatic hydroxyl groups excluding tert-OH is 1. The number of hydrogen-bond donors (Lipinski definition) is 2. The highest BCUT2D eigenvalue weighted by Gasteiger charge is 2.07. The van der Waals surface area contributed by atoms with Gasteiger partial charge in [0.2, 0.25) is 0 Å². The molecule has 108 valence electrons. The second-order valence-corrected chi connectivity index (χ2v) is 6.03. The standard InChI is InChI=1S/C16H14ClNO2S/c1-11-7-12(9-13(17)8-11)16(20)18-10-15-5-4-14(21-15)3-2-6-19/h4-5,7-9,19H,6,10H2,1H3,(H,18,20). The van der Waals surface area contributed by atoms with Crippen molar-refractivity contribution in [1.82, 2.24) is 5.32 Å². The Labute approximate surface area is 132 Å². The molecular formula is C16H14ClNO2S. The summed E-state index contributed by atoms with van der Waals surface area (Å²) in [7, 11) is 0. The Morgan fingerprint density at radius 3 is 2.90 bits per heavy atom. The minimum atomic E-state index is -0.156. The SMILES string of the molecule is Cc1cc(Cl)cc(C(=O)NCc2ccc(C#CCO)s2)c1. The Balaban J connectivity index is 1.99. The van der Waals surface area contributed by atoms with Gasteiger partial charge in [0.1, 0.15) is 6.61 Å². The van der Waals surface area contributed by atoms with Gasteiger partial charge in [-0.25, -0.2) is 0 Å². The van der Waals surface area contributed by atoms with E-state index < -0.39 is 0 Å². The lowest BCUT2D eigenvalue weighted by Gasteiger charge is -2.05. The summed E-state index contributed by atoms with van der Waals surface area (Å²) in [5, 5.41) is 12.1. The van der Waals surface area contributed by atoms with Crippen LogP contribution in [0.25, 0.3) is 0 Å². The summed E-state index contributed by atoms with van der Waals surface area (Å²) in [6.45, 7) is 2.18. The fraction of sp³-hybridized carbons (Fsp3) is 0.188. The van der Waals surface area contributed by atoms with Crippen LogP contribution in [0, 0.1) is 18.8 Å². The van der Waals surface area contributed by atoms with Crippen molar-refractivity contribution in [3.8, 4) is 11.8 Å². The Morgan fingerprint density at radius 2 is 2.19 bits per heavy atom. The van der Waals surface area contributed by atoms with E-state index >= 15 is 0 Å². The quantitative estimate of drug-likeness (QED) is 0.855. The zero-order chi connectivity index (χ0) is 15.2. The van der Waals surface area contributed by atoms with Crippen molar-refractivity contribution in [2.45, 2.75) is 13.5 Å². The van der Waals surface area contributed by atoms with Crippen LogP contribution in [0.4, 0.5) is 0 Å². The monoisotopic (exact) mass is 319 g/mol. The number of carbonyl (C=O) groups is 1. The average molecular weight is 320 g/mol. The van der Waals surface area contributed by atoms with Crippen LogP contribution >= 0.6 is 22.9 Å². The first-order valence-electron chi connectivity index (χ1n) is 6.32. The second kappa shape index (κ2) is 7.28. The number of rotatable bonds is 3. The molecule has 1 aromatic carbocycles. The number of thiophene rings is 1. The summed E-state index contributed by atoms with van der Waals surface area (Å²) in [6, 6.07) is 9.04. The van der Waals surface area contributed by atoms with E-state index in [1.807, 2.05) is 25.1 Å². The number of aliphatic hydroxyl groups is 1. The third-order valence-corrected chi connectivity index (χ3v) is 3.90. The third kappa shape index (κ3) is 4.61. The van der Waals surface area contributed by atoms with Gasteiger partial charge in [-0.15, -0.1) is 11.3 Å². The molecule has 0 aliphatic rings. The molecule has 1 heterocycles.